The van der Waals surface area contributed by atoms with Gasteiger partial charge in [0.2, 0.25) is 0 Å². The van der Waals surface area contributed by atoms with Gasteiger partial charge in [0, 0.05) is 23.9 Å². The first-order chi connectivity index (χ1) is 8.53. The Hall–Kier alpha value is -2.11. The van der Waals surface area contributed by atoms with Gasteiger partial charge in [-0.1, -0.05) is 6.07 Å². The van der Waals surface area contributed by atoms with Crippen molar-refractivity contribution in [2.24, 2.45) is 0 Å². The Morgan fingerprint density at radius 3 is 2.72 bits per heavy atom. The second-order valence-electron chi connectivity index (χ2n) is 3.56. The van der Waals surface area contributed by atoms with Gasteiger partial charge in [0.05, 0.1) is 12.5 Å². The SMILES string of the molecule is FC(F)(F)Oc1cccc(NCc2ccoc2)c1. The van der Waals surface area contributed by atoms with E-state index in [1.54, 1.807) is 18.4 Å². The predicted molar refractivity (Wildman–Crippen MR) is 59.2 cm³/mol. The molecule has 1 aromatic carbocycles. The monoisotopic (exact) mass is 257 g/mol. The smallest absolute Gasteiger partial charge is 0.472 e. The van der Waals surface area contributed by atoms with Crippen LogP contribution < -0.4 is 10.1 Å². The fourth-order valence-corrected chi connectivity index (χ4v) is 1.40. The standard InChI is InChI=1S/C12H10F3NO2/c13-12(14,15)18-11-3-1-2-10(6-11)16-7-9-4-5-17-8-9/h1-6,8,16H,7H2. The molecule has 96 valence electrons. The molecule has 0 aliphatic carbocycles. The summed E-state index contributed by atoms with van der Waals surface area (Å²) < 4.78 is 44.8. The van der Waals surface area contributed by atoms with Crippen molar-refractivity contribution in [1.82, 2.24) is 0 Å². The highest BCUT2D eigenvalue weighted by Crippen LogP contribution is 2.25. The van der Waals surface area contributed by atoms with Gasteiger partial charge in [-0.25, -0.2) is 0 Å². The molecule has 1 heterocycles. The molecule has 2 rings (SSSR count). The van der Waals surface area contributed by atoms with Crippen LogP contribution in [0.15, 0.2) is 47.3 Å². The minimum absolute atomic E-state index is 0.250. The molecule has 1 N–H and O–H groups in total. The Bertz CT molecular complexity index is 494. The summed E-state index contributed by atoms with van der Waals surface area (Å²) in [6.45, 7) is 0.464. The number of hydrogen-bond donors (Lipinski definition) is 1. The molecule has 0 spiro atoms. The Morgan fingerprint density at radius 2 is 2.06 bits per heavy atom. The maximum atomic E-state index is 12.0. The zero-order valence-corrected chi connectivity index (χ0v) is 9.20. The van der Waals surface area contributed by atoms with Crippen molar-refractivity contribution < 1.29 is 22.3 Å². The van der Waals surface area contributed by atoms with Crippen LogP contribution >= 0.6 is 0 Å². The van der Waals surface area contributed by atoms with E-state index in [2.05, 4.69) is 10.1 Å². The van der Waals surface area contributed by atoms with E-state index in [0.29, 0.717) is 12.2 Å². The van der Waals surface area contributed by atoms with Gasteiger partial charge in [-0.05, 0) is 18.2 Å². The topological polar surface area (TPSA) is 34.4 Å². The average Bonchev–Trinajstić information content (AvgIpc) is 2.77. The third kappa shape index (κ3) is 3.73. The van der Waals surface area contributed by atoms with E-state index in [-0.39, 0.29) is 5.75 Å². The summed E-state index contributed by atoms with van der Waals surface area (Å²) in [6.07, 6.45) is -1.59. The molecule has 1 aromatic heterocycles. The highest BCUT2D eigenvalue weighted by molar-refractivity contribution is 5.48. The number of benzene rings is 1. The third-order valence-electron chi connectivity index (χ3n) is 2.14. The van der Waals surface area contributed by atoms with Crippen LogP contribution in [0, 0.1) is 0 Å². The summed E-state index contributed by atoms with van der Waals surface area (Å²) in [6, 6.07) is 7.44. The van der Waals surface area contributed by atoms with Gasteiger partial charge in [-0.15, -0.1) is 13.2 Å². The van der Waals surface area contributed by atoms with Crippen molar-refractivity contribution in [3.8, 4) is 5.75 Å². The number of rotatable bonds is 4. The first-order valence-electron chi connectivity index (χ1n) is 5.14. The largest absolute Gasteiger partial charge is 0.573 e. The van der Waals surface area contributed by atoms with E-state index >= 15 is 0 Å². The normalized spacial score (nSPS) is 11.3. The molecule has 0 amide bonds. The molecule has 0 aliphatic rings. The van der Waals surface area contributed by atoms with E-state index in [4.69, 9.17) is 4.42 Å². The van der Waals surface area contributed by atoms with E-state index < -0.39 is 6.36 Å². The van der Waals surface area contributed by atoms with Crippen LogP contribution in [0.25, 0.3) is 0 Å². The number of hydrogen-bond acceptors (Lipinski definition) is 3. The maximum Gasteiger partial charge on any atom is 0.573 e. The van der Waals surface area contributed by atoms with Gasteiger partial charge in [0.25, 0.3) is 0 Å². The summed E-state index contributed by atoms with van der Waals surface area (Å²) in [7, 11) is 0. The third-order valence-corrected chi connectivity index (χ3v) is 2.14. The second kappa shape index (κ2) is 5.03. The quantitative estimate of drug-likeness (QED) is 0.904. The number of alkyl halides is 3. The van der Waals surface area contributed by atoms with Gasteiger partial charge in [-0.3, -0.25) is 0 Å². The summed E-state index contributed by atoms with van der Waals surface area (Å²) in [4.78, 5) is 0. The molecule has 0 fully saturated rings. The highest BCUT2D eigenvalue weighted by Gasteiger charge is 2.31. The lowest BCUT2D eigenvalue weighted by Crippen LogP contribution is -2.17. The fraction of sp³-hybridized carbons (Fsp3) is 0.167. The van der Waals surface area contributed by atoms with Crippen LogP contribution in [0.1, 0.15) is 5.56 Å². The van der Waals surface area contributed by atoms with Gasteiger partial charge >= 0.3 is 6.36 Å². The fourth-order valence-electron chi connectivity index (χ4n) is 1.40. The lowest BCUT2D eigenvalue weighted by atomic mass is 10.3. The zero-order valence-electron chi connectivity index (χ0n) is 9.20. The molecule has 0 atom stereocenters. The molecular formula is C12H10F3NO2. The molecular weight excluding hydrogens is 247 g/mol. The minimum Gasteiger partial charge on any atom is -0.472 e. The summed E-state index contributed by atoms with van der Waals surface area (Å²) in [5.41, 5.74) is 1.44. The van der Waals surface area contributed by atoms with E-state index in [1.807, 2.05) is 0 Å². The van der Waals surface area contributed by atoms with Crippen molar-refractivity contribution in [3.63, 3.8) is 0 Å². The molecule has 0 saturated heterocycles. The van der Waals surface area contributed by atoms with Crippen LogP contribution in [-0.2, 0) is 6.54 Å². The van der Waals surface area contributed by atoms with Gasteiger partial charge in [0.1, 0.15) is 5.75 Å². The van der Waals surface area contributed by atoms with E-state index in [9.17, 15) is 13.2 Å². The maximum absolute atomic E-state index is 12.0. The van der Waals surface area contributed by atoms with Crippen LogP contribution in [0.3, 0.4) is 0 Å². The molecule has 0 unspecified atom stereocenters. The van der Waals surface area contributed by atoms with Crippen molar-refractivity contribution in [3.05, 3.63) is 48.4 Å². The zero-order chi connectivity index (χ0) is 13.0. The highest BCUT2D eigenvalue weighted by atomic mass is 19.4. The lowest BCUT2D eigenvalue weighted by Gasteiger charge is -2.10. The number of anilines is 1. The first kappa shape index (κ1) is 12.3. The van der Waals surface area contributed by atoms with Gasteiger partial charge in [-0.2, -0.15) is 0 Å². The molecule has 0 bridgehead atoms. The van der Waals surface area contributed by atoms with Crippen LogP contribution in [0.4, 0.5) is 18.9 Å². The average molecular weight is 257 g/mol. The second-order valence-corrected chi connectivity index (χ2v) is 3.56. The molecule has 3 nitrogen and oxygen atoms in total. The van der Waals surface area contributed by atoms with Crippen molar-refractivity contribution in [1.29, 1.82) is 0 Å². The Balaban J connectivity index is 1.99. The first-order valence-corrected chi connectivity index (χ1v) is 5.14. The molecule has 2 aromatic rings. The van der Waals surface area contributed by atoms with Crippen molar-refractivity contribution in [2.75, 3.05) is 5.32 Å². The van der Waals surface area contributed by atoms with E-state index in [0.717, 1.165) is 5.56 Å². The van der Waals surface area contributed by atoms with Gasteiger partial charge in [0.15, 0.2) is 0 Å². The number of furan rings is 1. The summed E-state index contributed by atoms with van der Waals surface area (Å²) in [5.74, 6) is -0.250. The number of ether oxygens (including phenoxy) is 1. The Labute approximate surface area is 101 Å². The van der Waals surface area contributed by atoms with Crippen LogP contribution in [0.2, 0.25) is 0 Å². The van der Waals surface area contributed by atoms with Crippen molar-refractivity contribution in [2.45, 2.75) is 12.9 Å². The summed E-state index contributed by atoms with van der Waals surface area (Å²) >= 11 is 0. The van der Waals surface area contributed by atoms with Crippen LogP contribution in [0.5, 0.6) is 5.75 Å². The molecule has 6 heteroatoms. The number of halogens is 3. The van der Waals surface area contributed by atoms with E-state index in [1.165, 1.54) is 24.5 Å². The number of nitrogens with one attached hydrogen (secondary N) is 1. The molecule has 18 heavy (non-hydrogen) atoms. The van der Waals surface area contributed by atoms with Gasteiger partial charge < -0.3 is 14.5 Å². The Morgan fingerprint density at radius 1 is 1.22 bits per heavy atom. The predicted octanol–water partition coefficient (Wildman–Crippen LogP) is 3.79. The lowest BCUT2D eigenvalue weighted by molar-refractivity contribution is -0.274. The van der Waals surface area contributed by atoms with Crippen LogP contribution in [-0.4, -0.2) is 6.36 Å². The molecule has 0 radical (unpaired) electrons. The Kier molecular flexibility index (Phi) is 3.45. The minimum atomic E-state index is -4.68. The molecule has 0 saturated carbocycles. The molecule has 0 aliphatic heterocycles. The summed E-state index contributed by atoms with van der Waals surface area (Å²) in [5, 5.41) is 2.97. The van der Waals surface area contributed by atoms with Crippen molar-refractivity contribution >= 4 is 5.69 Å².